The van der Waals surface area contributed by atoms with Gasteiger partial charge in [-0.2, -0.15) is 0 Å². The molecule has 0 N–H and O–H groups in total. The standard InChI is InChI=1S/C20H20O5S2/c1-24-19(22)14-3-7-17(8-4-14)26-12-11-16(21)13-27-18-9-5-15(6-10-18)20(23)25-2/h3-10H,11-13H2,1-2H3. The Bertz CT molecular complexity index is 785. The summed E-state index contributed by atoms with van der Waals surface area (Å²) in [7, 11) is 2.69. The molecular weight excluding hydrogens is 384 g/mol. The lowest BCUT2D eigenvalue weighted by Crippen LogP contribution is -2.03. The van der Waals surface area contributed by atoms with E-state index in [1.807, 2.05) is 24.3 Å². The quantitative estimate of drug-likeness (QED) is 0.460. The molecule has 0 fully saturated rings. The number of ketones is 1. The number of hydrogen-bond acceptors (Lipinski definition) is 7. The van der Waals surface area contributed by atoms with E-state index >= 15 is 0 Å². The molecule has 0 bridgehead atoms. The molecule has 0 aliphatic rings. The molecule has 0 atom stereocenters. The topological polar surface area (TPSA) is 69.7 Å². The van der Waals surface area contributed by atoms with Gasteiger partial charge in [0.25, 0.3) is 0 Å². The summed E-state index contributed by atoms with van der Waals surface area (Å²) in [5.41, 5.74) is 0.996. The van der Waals surface area contributed by atoms with Crippen LogP contribution in [0.15, 0.2) is 58.3 Å². The first-order valence-electron chi connectivity index (χ1n) is 8.17. The van der Waals surface area contributed by atoms with Gasteiger partial charge in [-0.15, -0.1) is 23.5 Å². The summed E-state index contributed by atoms with van der Waals surface area (Å²) in [5, 5.41) is 0. The van der Waals surface area contributed by atoms with E-state index in [9.17, 15) is 14.4 Å². The number of carbonyl (C=O) groups excluding carboxylic acids is 3. The molecule has 0 heterocycles. The van der Waals surface area contributed by atoms with Crippen LogP contribution >= 0.6 is 23.5 Å². The minimum atomic E-state index is -0.376. The van der Waals surface area contributed by atoms with Gasteiger partial charge in [-0.3, -0.25) is 4.79 Å². The molecule has 0 saturated heterocycles. The summed E-state index contributed by atoms with van der Waals surface area (Å²) >= 11 is 3.02. The zero-order valence-electron chi connectivity index (χ0n) is 15.1. The summed E-state index contributed by atoms with van der Waals surface area (Å²) in [6.45, 7) is 0. The van der Waals surface area contributed by atoms with Crippen LogP contribution in [-0.4, -0.2) is 43.4 Å². The molecule has 0 aliphatic heterocycles. The van der Waals surface area contributed by atoms with Crippen LogP contribution in [0.5, 0.6) is 0 Å². The van der Waals surface area contributed by atoms with Gasteiger partial charge >= 0.3 is 11.9 Å². The van der Waals surface area contributed by atoms with Gasteiger partial charge in [-0.1, -0.05) is 0 Å². The highest BCUT2D eigenvalue weighted by Gasteiger charge is 2.08. The molecule has 142 valence electrons. The van der Waals surface area contributed by atoms with Crippen LogP contribution in [-0.2, 0) is 14.3 Å². The second-order valence-corrected chi connectivity index (χ2v) is 7.67. The second kappa shape index (κ2) is 10.8. The zero-order chi connectivity index (χ0) is 19.6. The van der Waals surface area contributed by atoms with Gasteiger partial charge < -0.3 is 9.47 Å². The van der Waals surface area contributed by atoms with Crippen molar-refractivity contribution < 1.29 is 23.9 Å². The number of Topliss-reactive ketones (excluding diaryl/α,β-unsaturated/α-hetero) is 1. The first-order chi connectivity index (χ1) is 13.0. The smallest absolute Gasteiger partial charge is 0.337 e. The Morgan fingerprint density at radius 3 is 1.63 bits per heavy atom. The Balaban J connectivity index is 1.71. The van der Waals surface area contributed by atoms with Crippen molar-refractivity contribution in [3.8, 4) is 0 Å². The summed E-state index contributed by atoms with van der Waals surface area (Å²) in [5.74, 6) is 0.492. The van der Waals surface area contributed by atoms with Crippen molar-refractivity contribution >= 4 is 41.2 Å². The van der Waals surface area contributed by atoms with Gasteiger partial charge in [0.2, 0.25) is 0 Å². The Hall–Kier alpha value is -2.25. The minimum absolute atomic E-state index is 0.163. The van der Waals surface area contributed by atoms with E-state index in [2.05, 4.69) is 9.47 Å². The van der Waals surface area contributed by atoms with Gasteiger partial charge in [0.15, 0.2) is 0 Å². The number of hydrogen-bond donors (Lipinski definition) is 0. The van der Waals surface area contributed by atoms with Crippen LogP contribution in [0.3, 0.4) is 0 Å². The van der Waals surface area contributed by atoms with Crippen molar-refractivity contribution in [3.05, 3.63) is 59.7 Å². The lowest BCUT2D eigenvalue weighted by molar-refractivity contribution is -0.116. The fourth-order valence-corrected chi connectivity index (χ4v) is 3.82. The van der Waals surface area contributed by atoms with Crippen molar-refractivity contribution in [2.75, 3.05) is 25.7 Å². The molecule has 0 spiro atoms. The van der Waals surface area contributed by atoms with Gasteiger partial charge in [0, 0.05) is 22.0 Å². The summed E-state index contributed by atoms with van der Waals surface area (Å²) in [4.78, 5) is 36.7. The monoisotopic (exact) mass is 404 g/mol. The van der Waals surface area contributed by atoms with E-state index in [0.717, 1.165) is 9.79 Å². The van der Waals surface area contributed by atoms with Crippen LogP contribution < -0.4 is 0 Å². The third-order valence-corrected chi connectivity index (χ3v) is 5.69. The van der Waals surface area contributed by atoms with Gasteiger partial charge in [0.05, 0.1) is 31.1 Å². The van der Waals surface area contributed by atoms with Crippen molar-refractivity contribution in [3.63, 3.8) is 0 Å². The predicted molar refractivity (Wildman–Crippen MR) is 107 cm³/mol. The van der Waals surface area contributed by atoms with Gasteiger partial charge in [0.1, 0.15) is 5.78 Å². The van der Waals surface area contributed by atoms with Crippen molar-refractivity contribution in [2.45, 2.75) is 16.2 Å². The molecule has 0 aromatic heterocycles. The second-order valence-electron chi connectivity index (χ2n) is 5.46. The van der Waals surface area contributed by atoms with Crippen molar-refractivity contribution in [1.29, 1.82) is 0 Å². The van der Waals surface area contributed by atoms with E-state index in [4.69, 9.17) is 0 Å². The highest BCUT2D eigenvalue weighted by molar-refractivity contribution is 8.00. The maximum Gasteiger partial charge on any atom is 0.337 e. The van der Waals surface area contributed by atoms with Crippen molar-refractivity contribution in [1.82, 2.24) is 0 Å². The van der Waals surface area contributed by atoms with Crippen LogP contribution in [0, 0.1) is 0 Å². The maximum atomic E-state index is 12.0. The Kier molecular flexibility index (Phi) is 8.42. The number of carbonyl (C=O) groups is 3. The molecule has 0 saturated carbocycles. The third-order valence-electron chi connectivity index (χ3n) is 3.60. The Morgan fingerprint density at radius 1 is 0.741 bits per heavy atom. The lowest BCUT2D eigenvalue weighted by Gasteiger charge is -2.04. The SMILES string of the molecule is COC(=O)c1ccc(SCCC(=O)CSc2ccc(C(=O)OC)cc2)cc1. The predicted octanol–water partition coefficient (Wildman–Crippen LogP) is 4.10. The summed E-state index contributed by atoms with van der Waals surface area (Å²) in [6.07, 6.45) is 0.469. The minimum Gasteiger partial charge on any atom is -0.465 e. The highest BCUT2D eigenvalue weighted by atomic mass is 32.2. The third kappa shape index (κ3) is 6.77. The Morgan fingerprint density at radius 2 is 1.19 bits per heavy atom. The molecular formula is C20H20O5S2. The lowest BCUT2D eigenvalue weighted by atomic mass is 10.2. The van der Waals surface area contributed by atoms with Gasteiger partial charge in [-0.05, 0) is 48.5 Å². The summed E-state index contributed by atoms with van der Waals surface area (Å²) < 4.78 is 9.31. The zero-order valence-corrected chi connectivity index (χ0v) is 16.7. The average Bonchev–Trinajstić information content (AvgIpc) is 2.72. The van der Waals surface area contributed by atoms with Crippen LogP contribution in [0.4, 0.5) is 0 Å². The number of benzene rings is 2. The van der Waals surface area contributed by atoms with Crippen LogP contribution in [0.2, 0.25) is 0 Å². The van der Waals surface area contributed by atoms with E-state index in [1.54, 1.807) is 36.0 Å². The fourth-order valence-electron chi connectivity index (χ4n) is 2.13. The molecule has 5 nitrogen and oxygen atoms in total. The largest absolute Gasteiger partial charge is 0.465 e. The molecule has 0 radical (unpaired) electrons. The normalized spacial score (nSPS) is 10.3. The molecule has 0 amide bonds. The number of rotatable bonds is 9. The van der Waals surface area contributed by atoms with Gasteiger partial charge in [-0.25, -0.2) is 9.59 Å². The van der Waals surface area contributed by atoms with Crippen LogP contribution in [0.25, 0.3) is 0 Å². The number of esters is 2. The maximum absolute atomic E-state index is 12.0. The molecule has 0 unspecified atom stereocenters. The number of methoxy groups -OCH3 is 2. The molecule has 2 aromatic rings. The molecule has 7 heteroatoms. The van der Waals surface area contributed by atoms with E-state index in [-0.39, 0.29) is 17.7 Å². The Labute approximate surface area is 166 Å². The molecule has 2 aromatic carbocycles. The van der Waals surface area contributed by atoms with E-state index in [1.165, 1.54) is 26.0 Å². The van der Waals surface area contributed by atoms with Crippen LogP contribution in [0.1, 0.15) is 27.1 Å². The average molecular weight is 405 g/mol. The molecule has 27 heavy (non-hydrogen) atoms. The number of ether oxygens (including phenoxy) is 2. The van der Waals surface area contributed by atoms with E-state index < -0.39 is 0 Å². The first kappa shape index (κ1) is 21.1. The number of thioether (sulfide) groups is 2. The first-order valence-corrected chi connectivity index (χ1v) is 10.1. The summed E-state index contributed by atoms with van der Waals surface area (Å²) in [6, 6.07) is 14.1. The van der Waals surface area contributed by atoms with E-state index in [0.29, 0.717) is 29.1 Å². The highest BCUT2D eigenvalue weighted by Crippen LogP contribution is 2.22. The van der Waals surface area contributed by atoms with Crippen molar-refractivity contribution in [2.24, 2.45) is 0 Å². The fraction of sp³-hybridized carbons (Fsp3) is 0.250. The molecule has 0 aliphatic carbocycles. The molecule has 2 rings (SSSR count).